The maximum absolute atomic E-state index is 13.6. The first kappa shape index (κ1) is 13.3. The lowest BCUT2D eigenvalue weighted by molar-refractivity contribution is 0.444. The Morgan fingerprint density at radius 2 is 2.05 bits per heavy atom. The van der Waals surface area contributed by atoms with Gasteiger partial charge in [-0.3, -0.25) is 4.79 Å². The number of hydrogen-bond acceptors (Lipinski definition) is 3. The zero-order valence-electron chi connectivity index (χ0n) is 10.8. The number of benzene rings is 1. The van der Waals surface area contributed by atoms with E-state index in [0.717, 1.165) is 10.7 Å². The fraction of sp³-hybridized carbons (Fsp3) is 0.286. The summed E-state index contributed by atoms with van der Waals surface area (Å²) in [6.07, 6.45) is 0. The molecule has 1 heterocycles. The quantitative estimate of drug-likeness (QED) is 0.923. The molecule has 0 bridgehead atoms. The molecule has 0 saturated carbocycles. The molecule has 2 rings (SSSR count). The highest BCUT2D eigenvalue weighted by molar-refractivity contribution is 5.26. The van der Waals surface area contributed by atoms with Crippen LogP contribution in [0.3, 0.4) is 0 Å². The maximum atomic E-state index is 13.6. The highest BCUT2D eigenvalue weighted by atomic mass is 19.1. The van der Waals surface area contributed by atoms with Gasteiger partial charge in [0.25, 0.3) is 5.56 Å². The van der Waals surface area contributed by atoms with Crippen LogP contribution in [-0.4, -0.2) is 14.9 Å². The van der Waals surface area contributed by atoms with Gasteiger partial charge in [0, 0.05) is 17.5 Å². The van der Waals surface area contributed by atoms with Gasteiger partial charge < -0.3 is 5.11 Å². The van der Waals surface area contributed by atoms with Crippen molar-refractivity contribution in [1.82, 2.24) is 9.78 Å². The molecule has 2 aromatic rings. The second kappa shape index (κ2) is 5.22. The van der Waals surface area contributed by atoms with Gasteiger partial charge in [0.15, 0.2) is 0 Å². The Balaban J connectivity index is 2.43. The summed E-state index contributed by atoms with van der Waals surface area (Å²) in [4.78, 5) is 11.7. The Bertz CT molecular complexity index is 650. The van der Waals surface area contributed by atoms with Crippen molar-refractivity contribution in [3.8, 4) is 5.75 Å². The number of rotatable bonds is 3. The Kier molecular flexibility index (Phi) is 3.64. The lowest BCUT2D eigenvalue weighted by Gasteiger charge is -2.11. The van der Waals surface area contributed by atoms with E-state index in [2.05, 4.69) is 5.10 Å². The normalized spacial score (nSPS) is 10.9. The van der Waals surface area contributed by atoms with Gasteiger partial charge in [0.2, 0.25) is 0 Å². The van der Waals surface area contributed by atoms with E-state index < -0.39 is 5.56 Å². The molecule has 0 spiro atoms. The van der Waals surface area contributed by atoms with E-state index in [9.17, 15) is 14.3 Å². The van der Waals surface area contributed by atoms with Gasteiger partial charge in [-0.05, 0) is 6.07 Å². The van der Waals surface area contributed by atoms with Crippen LogP contribution in [0.5, 0.6) is 5.75 Å². The van der Waals surface area contributed by atoms with Crippen LogP contribution in [0.2, 0.25) is 0 Å². The Labute approximate surface area is 110 Å². The van der Waals surface area contributed by atoms with Crippen LogP contribution >= 0.6 is 0 Å². The summed E-state index contributed by atoms with van der Waals surface area (Å²) in [5.41, 5.74) is 0.360. The molecule has 100 valence electrons. The van der Waals surface area contributed by atoms with E-state index in [-0.39, 0.29) is 24.0 Å². The predicted octanol–water partition coefficient (Wildman–Crippen LogP) is 2.26. The SMILES string of the molecule is CC(C)c1nn(Cc2ccccc2F)c(=O)cc1O. The second-order valence-electron chi connectivity index (χ2n) is 4.66. The van der Waals surface area contributed by atoms with Crippen molar-refractivity contribution in [2.24, 2.45) is 0 Å². The van der Waals surface area contributed by atoms with Gasteiger partial charge in [-0.2, -0.15) is 5.10 Å². The van der Waals surface area contributed by atoms with E-state index in [1.54, 1.807) is 18.2 Å². The second-order valence-corrected chi connectivity index (χ2v) is 4.66. The molecular weight excluding hydrogens is 247 g/mol. The zero-order chi connectivity index (χ0) is 14.0. The molecule has 1 N–H and O–H groups in total. The van der Waals surface area contributed by atoms with E-state index >= 15 is 0 Å². The Hall–Kier alpha value is -2.17. The summed E-state index contributed by atoms with van der Waals surface area (Å²) in [5.74, 6) is -0.521. The molecule has 4 nitrogen and oxygen atoms in total. The van der Waals surface area contributed by atoms with Gasteiger partial charge in [0.1, 0.15) is 17.3 Å². The van der Waals surface area contributed by atoms with E-state index in [1.165, 1.54) is 6.07 Å². The van der Waals surface area contributed by atoms with Crippen molar-refractivity contribution in [3.05, 3.63) is 57.8 Å². The first-order chi connectivity index (χ1) is 8.99. The molecule has 0 atom stereocenters. The average Bonchev–Trinajstić information content (AvgIpc) is 2.34. The summed E-state index contributed by atoms with van der Waals surface area (Å²) >= 11 is 0. The standard InChI is InChI=1S/C14H15FN2O2/c1-9(2)14-12(18)7-13(19)17(16-14)8-10-5-3-4-6-11(10)15/h3-7,9,18H,8H2,1-2H3. The van der Waals surface area contributed by atoms with E-state index in [0.29, 0.717) is 11.3 Å². The summed E-state index contributed by atoms with van der Waals surface area (Å²) in [7, 11) is 0. The van der Waals surface area contributed by atoms with Gasteiger partial charge in [-0.1, -0.05) is 32.0 Å². The molecule has 0 unspecified atom stereocenters. The van der Waals surface area contributed by atoms with Crippen LogP contribution in [0.1, 0.15) is 31.0 Å². The molecule has 0 saturated heterocycles. The molecule has 19 heavy (non-hydrogen) atoms. The molecule has 0 amide bonds. The third-order valence-corrected chi connectivity index (χ3v) is 2.83. The topological polar surface area (TPSA) is 55.1 Å². The van der Waals surface area contributed by atoms with E-state index in [4.69, 9.17) is 0 Å². The van der Waals surface area contributed by atoms with Gasteiger partial charge in [-0.25, -0.2) is 9.07 Å². The Morgan fingerprint density at radius 1 is 1.37 bits per heavy atom. The first-order valence-electron chi connectivity index (χ1n) is 6.03. The molecular formula is C14H15FN2O2. The van der Waals surface area contributed by atoms with Crippen molar-refractivity contribution >= 4 is 0 Å². The lowest BCUT2D eigenvalue weighted by atomic mass is 10.1. The minimum absolute atomic E-state index is 0.0209. The molecule has 0 aliphatic carbocycles. The van der Waals surface area contributed by atoms with Crippen LogP contribution in [0.25, 0.3) is 0 Å². The zero-order valence-corrected chi connectivity index (χ0v) is 10.8. The Morgan fingerprint density at radius 3 is 2.68 bits per heavy atom. The van der Waals surface area contributed by atoms with Crippen LogP contribution in [0.15, 0.2) is 35.1 Å². The number of halogens is 1. The first-order valence-corrected chi connectivity index (χ1v) is 6.03. The van der Waals surface area contributed by atoms with Crippen LogP contribution in [0.4, 0.5) is 4.39 Å². The van der Waals surface area contributed by atoms with Gasteiger partial charge in [0.05, 0.1) is 6.54 Å². The molecule has 0 aliphatic rings. The van der Waals surface area contributed by atoms with Crippen LogP contribution < -0.4 is 5.56 Å². The molecule has 5 heteroatoms. The number of nitrogens with zero attached hydrogens (tertiary/aromatic N) is 2. The number of hydrogen-bond donors (Lipinski definition) is 1. The average molecular weight is 262 g/mol. The van der Waals surface area contributed by atoms with Crippen LogP contribution in [0, 0.1) is 5.82 Å². The van der Waals surface area contributed by atoms with Crippen molar-refractivity contribution in [2.45, 2.75) is 26.3 Å². The molecule has 1 aromatic heterocycles. The lowest BCUT2D eigenvalue weighted by Crippen LogP contribution is -2.24. The number of aromatic hydroxyl groups is 1. The maximum Gasteiger partial charge on any atom is 0.270 e. The van der Waals surface area contributed by atoms with Crippen molar-refractivity contribution in [2.75, 3.05) is 0 Å². The minimum Gasteiger partial charge on any atom is -0.506 e. The summed E-state index contributed by atoms with van der Waals surface area (Å²) in [6.45, 7) is 3.77. The fourth-order valence-corrected chi connectivity index (χ4v) is 1.81. The molecule has 0 radical (unpaired) electrons. The van der Waals surface area contributed by atoms with Crippen molar-refractivity contribution < 1.29 is 9.50 Å². The highest BCUT2D eigenvalue weighted by Crippen LogP contribution is 2.20. The number of aromatic nitrogens is 2. The summed E-state index contributed by atoms with van der Waals surface area (Å²) in [6, 6.07) is 7.34. The van der Waals surface area contributed by atoms with E-state index in [1.807, 2.05) is 13.8 Å². The van der Waals surface area contributed by atoms with Crippen molar-refractivity contribution in [3.63, 3.8) is 0 Å². The predicted molar refractivity (Wildman–Crippen MR) is 69.8 cm³/mol. The molecule has 1 aromatic carbocycles. The largest absolute Gasteiger partial charge is 0.506 e. The summed E-state index contributed by atoms with van der Waals surface area (Å²) < 4.78 is 14.7. The summed E-state index contributed by atoms with van der Waals surface area (Å²) in [5, 5.41) is 13.8. The third-order valence-electron chi connectivity index (χ3n) is 2.83. The highest BCUT2D eigenvalue weighted by Gasteiger charge is 2.12. The monoisotopic (exact) mass is 262 g/mol. The molecule has 0 aliphatic heterocycles. The van der Waals surface area contributed by atoms with Gasteiger partial charge >= 0.3 is 0 Å². The molecule has 0 fully saturated rings. The van der Waals surface area contributed by atoms with Gasteiger partial charge in [-0.15, -0.1) is 0 Å². The fourth-order valence-electron chi connectivity index (χ4n) is 1.81. The van der Waals surface area contributed by atoms with Crippen LogP contribution in [-0.2, 0) is 6.54 Å². The van der Waals surface area contributed by atoms with Crippen molar-refractivity contribution in [1.29, 1.82) is 0 Å². The smallest absolute Gasteiger partial charge is 0.270 e. The minimum atomic E-state index is -0.454. The third kappa shape index (κ3) is 2.81.